The first-order valence-corrected chi connectivity index (χ1v) is 5.68. The number of carboxylic acid groups (broad SMARTS) is 1. The number of benzene rings is 1. The largest absolute Gasteiger partial charge is 0.478 e. The molecule has 2 rings (SSSR count). The van der Waals surface area contributed by atoms with Gasteiger partial charge in [-0.1, -0.05) is 12.1 Å². The fraction of sp³-hybridized carbons (Fsp3) is 0.0769. The fourth-order valence-electron chi connectivity index (χ4n) is 1.51. The molecule has 0 fully saturated rings. The first kappa shape index (κ1) is 13.5. The maximum absolute atomic E-state index is 11.6. The van der Waals surface area contributed by atoms with Crippen molar-refractivity contribution in [2.45, 2.75) is 6.92 Å². The fourth-order valence-corrected chi connectivity index (χ4v) is 1.51. The summed E-state index contributed by atoms with van der Waals surface area (Å²) in [7, 11) is 0. The van der Waals surface area contributed by atoms with E-state index in [1.165, 1.54) is 0 Å². The number of anilines is 1. The summed E-state index contributed by atoms with van der Waals surface area (Å²) in [6.45, 7) is 1.66. The molecule has 0 radical (unpaired) electrons. The van der Waals surface area contributed by atoms with Gasteiger partial charge in [-0.3, -0.25) is 4.79 Å². The van der Waals surface area contributed by atoms with E-state index in [-0.39, 0.29) is 5.89 Å². The molecule has 7 nitrogen and oxygen atoms in total. The molecular formula is C13H11N3O4. The number of nitrogens with one attached hydrogen (secondary N) is 1. The van der Waals surface area contributed by atoms with Crippen molar-refractivity contribution >= 4 is 17.6 Å². The van der Waals surface area contributed by atoms with Crippen molar-refractivity contribution in [3.63, 3.8) is 0 Å². The highest BCUT2D eigenvalue weighted by molar-refractivity contribution is 6.04. The van der Waals surface area contributed by atoms with E-state index < -0.39 is 11.9 Å². The SMILES string of the molecule is Cc1nnc(-c2ccccc2NC(=O)/C=C/C(=O)O)o1. The molecule has 2 aromatic rings. The summed E-state index contributed by atoms with van der Waals surface area (Å²) in [5, 5.41) is 18.6. The van der Waals surface area contributed by atoms with Gasteiger partial charge in [0.05, 0.1) is 11.3 Å². The molecule has 0 aliphatic carbocycles. The minimum absolute atomic E-state index is 0.278. The number of hydrogen-bond acceptors (Lipinski definition) is 5. The number of amides is 1. The molecule has 1 amide bonds. The molecule has 0 unspecified atom stereocenters. The van der Waals surface area contributed by atoms with Gasteiger partial charge in [0.2, 0.25) is 17.7 Å². The van der Waals surface area contributed by atoms with E-state index in [2.05, 4.69) is 15.5 Å². The minimum Gasteiger partial charge on any atom is -0.478 e. The Morgan fingerprint density at radius 1 is 1.25 bits per heavy atom. The first-order valence-electron chi connectivity index (χ1n) is 5.68. The predicted octanol–water partition coefficient (Wildman–Crippen LogP) is 1.62. The topological polar surface area (TPSA) is 105 Å². The molecule has 0 bridgehead atoms. The second-order valence-corrected chi connectivity index (χ2v) is 3.83. The van der Waals surface area contributed by atoms with Gasteiger partial charge in [0, 0.05) is 19.1 Å². The lowest BCUT2D eigenvalue weighted by molar-refractivity contribution is -0.131. The van der Waals surface area contributed by atoms with Crippen molar-refractivity contribution in [1.82, 2.24) is 10.2 Å². The van der Waals surface area contributed by atoms with E-state index in [0.29, 0.717) is 17.1 Å². The van der Waals surface area contributed by atoms with Crippen molar-refractivity contribution in [2.75, 3.05) is 5.32 Å². The van der Waals surface area contributed by atoms with Gasteiger partial charge in [-0.2, -0.15) is 0 Å². The molecule has 102 valence electrons. The zero-order valence-corrected chi connectivity index (χ0v) is 10.5. The number of para-hydroxylation sites is 1. The Hall–Kier alpha value is -2.96. The van der Waals surface area contributed by atoms with Gasteiger partial charge in [0.1, 0.15) is 0 Å². The maximum Gasteiger partial charge on any atom is 0.328 e. The molecule has 20 heavy (non-hydrogen) atoms. The molecule has 0 spiro atoms. The standard InChI is InChI=1S/C13H11N3O4/c1-8-15-16-13(20-8)9-4-2-3-5-10(9)14-11(17)6-7-12(18)19/h2-7H,1H3,(H,14,17)(H,18,19)/b7-6+. The third kappa shape index (κ3) is 3.29. The molecule has 0 atom stereocenters. The van der Waals surface area contributed by atoms with E-state index in [1.807, 2.05) is 0 Å². The van der Waals surface area contributed by atoms with Crippen LogP contribution in [0.25, 0.3) is 11.5 Å². The van der Waals surface area contributed by atoms with Gasteiger partial charge >= 0.3 is 5.97 Å². The van der Waals surface area contributed by atoms with Crippen molar-refractivity contribution in [1.29, 1.82) is 0 Å². The third-order valence-corrected chi connectivity index (χ3v) is 2.32. The number of carbonyl (C=O) groups excluding carboxylic acids is 1. The summed E-state index contributed by atoms with van der Waals surface area (Å²) >= 11 is 0. The average molecular weight is 273 g/mol. The van der Waals surface area contributed by atoms with E-state index >= 15 is 0 Å². The zero-order chi connectivity index (χ0) is 14.5. The molecule has 0 aliphatic heterocycles. The molecule has 1 aromatic carbocycles. The van der Waals surface area contributed by atoms with Crippen molar-refractivity contribution in [2.24, 2.45) is 0 Å². The summed E-state index contributed by atoms with van der Waals surface area (Å²) in [6, 6.07) is 6.85. The van der Waals surface area contributed by atoms with Crippen LogP contribution in [-0.2, 0) is 9.59 Å². The van der Waals surface area contributed by atoms with Gasteiger partial charge in [-0.05, 0) is 12.1 Å². The summed E-state index contributed by atoms with van der Waals surface area (Å²) in [4.78, 5) is 21.9. The van der Waals surface area contributed by atoms with E-state index in [4.69, 9.17) is 9.52 Å². The Kier molecular flexibility index (Phi) is 3.90. The Bertz CT molecular complexity index is 676. The number of hydrogen-bond donors (Lipinski definition) is 2. The molecule has 2 N–H and O–H groups in total. The number of aromatic nitrogens is 2. The van der Waals surface area contributed by atoms with Gasteiger partial charge in [-0.15, -0.1) is 10.2 Å². The lowest BCUT2D eigenvalue weighted by Gasteiger charge is -2.06. The smallest absolute Gasteiger partial charge is 0.328 e. The molecule has 0 saturated heterocycles. The lowest BCUT2D eigenvalue weighted by atomic mass is 10.1. The summed E-state index contributed by atoms with van der Waals surface area (Å²) < 4.78 is 5.30. The van der Waals surface area contributed by atoms with Crippen LogP contribution in [0, 0.1) is 6.92 Å². The highest BCUT2D eigenvalue weighted by atomic mass is 16.4. The predicted molar refractivity (Wildman–Crippen MR) is 69.9 cm³/mol. The van der Waals surface area contributed by atoms with E-state index in [0.717, 1.165) is 12.2 Å². The Balaban J connectivity index is 2.25. The zero-order valence-electron chi connectivity index (χ0n) is 10.5. The van der Waals surface area contributed by atoms with Crippen LogP contribution >= 0.6 is 0 Å². The van der Waals surface area contributed by atoms with Crippen LogP contribution in [0.1, 0.15) is 5.89 Å². The summed E-state index contributed by atoms with van der Waals surface area (Å²) in [5.74, 6) is -1.07. The minimum atomic E-state index is -1.19. The first-order chi connectivity index (χ1) is 9.56. The van der Waals surface area contributed by atoms with Crippen molar-refractivity contribution in [3.05, 3.63) is 42.3 Å². The molecule has 1 heterocycles. The number of rotatable bonds is 4. The molecule has 0 saturated carbocycles. The van der Waals surface area contributed by atoms with E-state index in [1.54, 1.807) is 31.2 Å². The summed E-state index contributed by atoms with van der Waals surface area (Å²) in [5.41, 5.74) is 1.02. The van der Waals surface area contributed by atoms with Gasteiger partial charge in [-0.25, -0.2) is 4.79 Å². The van der Waals surface area contributed by atoms with E-state index in [9.17, 15) is 9.59 Å². The van der Waals surface area contributed by atoms with Crippen LogP contribution in [0.15, 0.2) is 40.8 Å². The van der Waals surface area contributed by atoms with Crippen LogP contribution in [0.5, 0.6) is 0 Å². The lowest BCUT2D eigenvalue weighted by Crippen LogP contribution is -2.09. The number of aliphatic carboxylic acids is 1. The monoisotopic (exact) mass is 273 g/mol. The molecular weight excluding hydrogens is 262 g/mol. The average Bonchev–Trinajstić information content (AvgIpc) is 2.83. The van der Waals surface area contributed by atoms with Gasteiger partial charge < -0.3 is 14.8 Å². The van der Waals surface area contributed by atoms with Crippen molar-refractivity contribution in [3.8, 4) is 11.5 Å². The summed E-state index contributed by atoms with van der Waals surface area (Å²) in [6.07, 6.45) is 1.69. The Labute approximate surface area is 113 Å². The number of carboxylic acids is 1. The maximum atomic E-state index is 11.6. The second kappa shape index (κ2) is 5.79. The highest BCUT2D eigenvalue weighted by Crippen LogP contribution is 2.26. The number of carbonyl (C=O) groups is 2. The Morgan fingerprint density at radius 2 is 2.00 bits per heavy atom. The highest BCUT2D eigenvalue weighted by Gasteiger charge is 2.12. The van der Waals surface area contributed by atoms with Gasteiger partial charge in [0.15, 0.2) is 0 Å². The number of aryl methyl sites for hydroxylation is 1. The van der Waals surface area contributed by atoms with Gasteiger partial charge in [0.25, 0.3) is 0 Å². The molecule has 1 aromatic heterocycles. The van der Waals surface area contributed by atoms with Crippen LogP contribution in [0.2, 0.25) is 0 Å². The van der Waals surface area contributed by atoms with Crippen LogP contribution in [0.3, 0.4) is 0 Å². The normalized spacial score (nSPS) is 10.7. The van der Waals surface area contributed by atoms with Crippen LogP contribution in [0.4, 0.5) is 5.69 Å². The van der Waals surface area contributed by atoms with Crippen LogP contribution < -0.4 is 5.32 Å². The number of nitrogens with zero attached hydrogens (tertiary/aromatic N) is 2. The van der Waals surface area contributed by atoms with Crippen molar-refractivity contribution < 1.29 is 19.1 Å². The Morgan fingerprint density at radius 3 is 2.65 bits per heavy atom. The second-order valence-electron chi connectivity index (χ2n) is 3.83. The molecule has 7 heteroatoms. The quantitative estimate of drug-likeness (QED) is 0.820. The molecule has 0 aliphatic rings. The van der Waals surface area contributed by atoms with Crippen LogP contribution in [-0.4, -0.2) is 27.2 Å². The third-order valence-electron chi connectivity index (χ3n) is 2.32.